The predicted molar refractivity (Wildman–Crippen MR) is 453 cm³/mol. The van der Waals surface area contributed by atoms with Gasteiger partial charge in [-0.1, -0.05) is 324 Å². The van der Waals surface area contributed by atoms with Gasteiger partial charge in [0.15, 0.2) is 0 Å². The van der Waals surface area contributed by atoms with Crippen LogP contribution in [0.25, 0.3) is 0 Å². The van der Waals surface area contributed by atoms with Gasteiger partial charge in [0.05, 0.1) is 13.2 Å². The van der Waals surface area contributed by atoms with E-state index in [2.05, 4.69) is 62.0 Å². The second kappa shape index (κ2) is 85.1. The molecule has 0 heterocycles. The number of nitrogens with one attached hydrogen (secondary N) is 2. The van der Waals surface area contributed by atoms with Gasteiger partial charge >= 0.3 is 23.9 Å². The molecule has 2 N–H and O–H groups in total. The molecule has 0 aromatic rings. The van der Waals surface area contributed by atoms with Gasteiger partial charge in [0, 0.05) is 70.1 Å². The SMILES string of the molecule is CCCCCCCCCC(=O)OCCCCCCCN(CCCCCCCC(=O)OC(CCCCCCCC)CCCCCCCC)CCNC/C(C=O)=C/C(=O)NCCN(CCCCCCCOC(=O)CCCCCCCCC)CCCCCCCC(=O)OC(CCCCCCCC)CCCCCCCC. The van der Waals surface area contributed by atoms with Crippen LogP contribution in [0, 0.1) is 0 Å². The number of carbonyl (C=O) groups excluding carboxylic acids is 6. The smallest absolute Gasteiger partial charge is 0.306 e. The van der Waals surface area contributed by atoms with Crippen LogP contribution in [-0.2, 0) is 47.7 Å². The highest BCUT2D eigenvalue weighted by Gasteiger charge is 2.18. The molecule has 107 heavy (non-hydrogen) atoms. The lowest BCUT2D eigenvalue weighted by atomic mass is 10.0. The first kappa shape index (κ1) is 104. The number of unbranched alkanes of at least 4 members (excludes halogenated alkanes) is 48. The zero-order chi connectivity index (χ0) is 77.9. The highest BCUT2D eigenvalue weighted by Crippen LogP contribution is 2.22. The first-order valence-electron chi connectivity index (χ1n) is 46.8. The standard InChI is InChI=1S/C93H178N4O10/c1-7-13-19-25-31-41-55-69-90(100)104-81-63-49-35-47-61-76-96(75-59-45-33-43-57-71-92(102)106-87(65-51-37-27-21-15-9-3)66-52-38-28-22-16-10-4)79-73-94-84-86(85-98)83-89(99)95-74-80-97(78-62-48-36-50-64-82-105-91(101)70-56-42-32-26-20-14-8-2)77-60-46-34-44-58-72-93(103)107-88(67-53-39-29-23-17-11-5)68-54-40-30-24-18-12-6/h83,85,87-88,94H,7-82,84H2,1-6H3,(H,95,99)/b86-83-. The summed E-state index contributed by atoms with van der Waals surface area (Å²) in [5, 5.41) is 6.57. The van der Waals surface area contributed by atoms with E-state index < -0.39 is 0 Å². The van der Waals surface area contributed by atoms with E-state index in [9.17, 15) is 28.8 Å². The molecule has 0 saturated carbocycles. The summed E-state index contributed by atoms with van der Waals surface area (Å²) in [6.45, 7) is 21.5. The number of amides is 1. The van der Waals surface area contributed by atoms with E-state index in [1.807, 2.05) is 0 Å². The summed E-state index contributed by atoms with van der Waals surface area (Å²) in [6, 6.07) is 0. The molecule has 0 aliphatic heterocycles. The van der Waals surface area contributed by atoms with Crippen LogP contribution in [0.15, 0.2) is 11.6 Å². The van der Waals surface area contributed by atoms with Gasteiger partial charge in [0.25, 0.3) is 0 Å². The quantitative estimate of drug-likeness (QED) is 0.0194. The molecule has 14 nitrogen and oxygen atoms in total. The summed E-state index contributed by atoms with van der Waals surface area (Å²) in [4.78, 5) is 81.7. The van der Waals surface area contributed by atoms with Gasteiger partial charge < -0.3 is 39.4 Å². The number of carbonyl (C=O) groups is 6. The Morgan fingerprint density at radius 2 is 0.542 bits per heavy atom. The van der Waals surface area contributed by atoms with Crippen LogP contribution in [0.1, 0.15) is 465 Å². The molecule has 0 spiro atoms. The molecule has 0 atom stereocenters. The number of aldehydes is 1. The summed E-state index contributed by atoms with van der Waals surface area (Å²) >= 11 is 0. The van der Waals surface area contributed by atoms with Crippen LogP contribution in [0.3, 0.4) is 0 Å². The van der Waals surface area contributed by atoms with E-state index in [-0.39, 0.29) is 42.0 Å². The number of hydrogen-bond donors (Lipinski definition) is 2. The second-order valence-corrected chi connectivity index (χ2v) is 32.2. The van der Waals surface area contributed by atoms with Crippen LogP contribution in [0.4, 0.5) is 0 Å². The molecule has 0 rings (SSSR count). The van der Waals surface area contributed by atoms with Gasteiger partial charge in [-0.05, 0) is 142 Å². The molecule has 0 bridgehead atoms. The fourth-order valence-corrected chi connectivity index (χ4v) is 14.6. The van der Waals surface area contributed by atoms with Crippen molar-refractivity contribution in [3.63, 3.8) is 0 Å². The number of esters is 4. The second-order valence-electron chi connectivity index (χ2n) is 32.2. The molecule has 14 heteroatoms. The number of hydrogen-bond acceptors (Lipinski definition) is 13. The molecule has 0 aliphatic rings. The van der Waals surface area contributed by atoms with E-state index in [1.165, 1.54) is 199 Å². The Bertz CT molecular complexity index is 1940. The largest absolute Gasteiger partial charge is 0.466 e. The van der Waals surface area contributed by atoms with Gasteiger partial charge in [-0.15, -0.1) is 0 Å². The maximum Gasteiger partial charge on any atom is 0.306 e. The number of ether oxygens (including phenoxy) is 4. The fourth-order valence-electron chi connectivity index (χ4n) is 14.6. The van der Waals surface area contributed by atoms with E-state index in [0.29, 0.717) is 64.1 Å². The minimum absolute atomic E-state index is 0.0147. The van der Waals surface area contributed by atoms with Crippen molar-refractivity contribution in [3.8, 4) is 0 Å². The Hall–Kier alpha value is -3.36. The molecule has 0 aliphatic carbocycles. The average molecular weight is 1510 g/mol. The van der Waals surface area contributed by atoms with Crippen molar-refractivity contribution in [1.82, 2.24) is 20.4 Å². The molecule has 0 fully saturated rings. The number of rotatable bonds is 88. The highest BCUT2D eigenvalue weighted by atomic mass is 16.6. The van der Waals surface area contributed by atoms with Gasteiger partial charge in [-0.3, -0.25) is 28.8 Å². The van der Waals surface area contributed by atoms with Crippen molar-refractivity contribution < 1.29 is 47.7 Å². The van der Waals surface area contributed by atoms with Crippen molar-refractivity contribution in [3.05, 3.63) is 11.6 Å². The molecular weight excluding hydrogens is 1330 g/mol. The Kier molecular flexibility index (Phi) is 82.4. The third-order valence-corrected chi connectivity index (χ3v) is 21.7. The van der Waals surface area contributed by atoms with Gasteiger partial charge in [0.1, 0.15) is 18.5 Å². The molecule has 0 saturated heterocycles. The molecule has 0 aromatic heterocycles. The average Bonchev–Trinajstić information content (AvgIpc) is 1.04. The predicted octanol–water partition coefficient (Wildman–Crippen LogP) is 25.2. The Labute approximate surface area is 662 Å². The van der Waals surface area contributed by atoms with Gasteiger partial charge in [-0.2, -0.15) is 0 Å². The Balaban J connectivity index is 5.50. The zero-order valence-electron chi connectivity index (χ0n) is 71.7. The van der Waals surface area contributed by atoms with E-state index in [4.69, 9.17) is 18.9 Å². The lowest BCUT2D eigenvalue weighted by molar-refractivity contribution is -0.151. The van der Waals surface area contributed by atoms with Gasteiger partial charge in [0.2, 0.25) is 5.91 Å². The summed E-state index contributed by atoms with van der Waals surface area (Å²) in [5.41, 5.74) is 0.432. The minimum atomic E-state index is -0.247. The Morgan fingerprint density at radius 1 is 0.290 bits per heavy atom. The summed E-state index contributed by atoms with van der Waals surface area (Å²) in [5.74, 6) is -0.396. The third-order valence-electron chi connectivity index (χ3n) is 21.7. The lowest BCUT2D eigenvalue weighted by Crippen LogP contribution is -2.36. The van der Waals surface area contributed by atoms with Crippen LogP contribution >= 0.6 is 0 Å². The van der Waals surface area contributed by atoms with Crippen molar-refractivity contribution in [1.29, 1.82) is 0 Å². The highest BCUT2D eigenvalue weighted by molar-refractivity contribution is 5.93. The summed E-state index contributed by atoms with van der Waals surface area (Å²) in [6.07, 6.45) is 76.0. The topological polar surface area (TPSA) is 170 Å². The van der Waals surface area contributed by atoms with Crippen molar-refractivity contribution >= 4 is 36.1 Å². The maximum atomic E-state index is 13.4. The monoisotopic (exact) mass is 1510 g/mol. The maximum absolute atomic E-state index is 13.4. The first-order valence-corrected chi connectivity index (χ1v) is 46.8. The molecule has 0 radical (unpaired) electrons. The third kappa shape index (κ3) is 77.7. The molecular formula is C93H178N4O10. The Morgan fingerprint density at radius 3 is 0.841 bits per heavy atom. The van der Waals surface area contributed by atoms with Crippen LogP contribution in [0.2, 0.25) is 0 Å². The summed E-state index contributed by atoms with van der Waals surface area (Å²) in [7, 11) is 0. The molecule has 0 unspecified atom stereocenters. The minimum Gasteiger partial charge on any atom is -0.466 e. The van der Waals surface area contributed by atoms with Crippen LogP contribution in [-0.4, -0.2) is 130 Å². The number of nitrogens with zero attached hydrogens (tertiary/aromatic N) is 2. The van der Waals surface area contributed by atoms with E-state index in [0.717, 1.165) is 251 Å². The fraction of sp³-hybridized carbons (Fsp3) is 0.914. The van der Waals surface area contributed by atoms with Crippen LogP contribution in [0.5, 0.6) is 0 Å². The lowest BCUT2D eigenvalue weighted by Gasteiger charge is -2.23. The van der Waals surface area contributed by atoms with Crippen molar-refractivity contribution in [2.75, 3.05) is 72.1 Å². The normalized spacial score (nSPS) is 11.8. The van der Waals surface area contributed by atoms with E-state index >= 15 is 0 Å². The first-order chi connectivity index (χ1) is 52.5. The van der Waals surface area contributed by atoms with Crippen molar-refractivity contribution in [2.45, 2.75) is 478 Å². The van der Waals surface area contributed by atoms with Crippen molar-refractivity contribution in [2.24, 2.45) is 0 Å². The van der Waals surface area contributed by atoms with Crippen LogP contribution < -0.4 is 10.6 Å². The van der Waals surface area contributed by atoms with E-state index in [1.54, 1.807) is 0 Å². The molecule has 1 amide bonds. The summed E-state index contributed by atoms with van der Waals surface area (Å²) < 4.78 is 23.4. The molecule has 0 aromatic carbocycles. The molecule has 630 valence electrons. The zero-order valence-corrected chi connectivity index (χ0v) is 71.7. The van der Waals surface area contributed by atoms with Gasteiger partial charge in [-0.25, -0.2) is 0 Å².